The van der Waals surface area contributed by atoms with Crippen LogP contribution in [0.3, 0.4) is 0 Å². The first-order chi connectivity index (χ1) is 11.1. The molecule has 2 rings (SSSR count). The lowest BCUT2D eigenvalue weighted by molar-refractivity contribution is -0.142. The zero-order valence-corrected chi connectivity index (χ0v) is 13.0. The Morgan fingerprint density at radius 2 is 2.09 bits per heavy atom. The Labute approximate surface area is 134 Å². The van der Waals surface area contributed by atoms with E-state index in [1.165, 1.54) is 13.2 Å². The molecule has 0 fully saturated rings. The summed E-state index contributed by atoms with van der Waals surface area (Å²) in [6.45, 7) is 2.10. The van der Waals surface area contributed by atoms with E-state index < -0.39 is 5.82 Å². The number of methoxy groups -OCH3 is 1. The number of benzene rings is 1. The second-order valence-corrected chi connectivity index (χ2v) is 4.71. The van der Waals surface area contributed by atoms with Gasteiger partial charge in [0.15, 0.2) is 6.79 Å². The molecule has 5 nitrogen and oxygen atoms in total. The Hall–Kier alpha value is -2.47. The standard InChI is InChI=1S/C17H18FNO4/c1-3-22-17(20)10-12-7-8-13(14(18)9-12)15-5-4-6-16(19-15)23-11-21-2/h4-9H,3,10-11H2,1-2H3. The van der Waals surface area contributed by atoms with E-state index in [1.54, 1.807) is 37.3 Å². The zero-order valence-electron chi connectivity index (χ0n) is 13.0. The molecule has 0 atom stereocenters. The minimum Gasteiger partial charge on any atom is -0.466 e. The van der Waals surface area contributed by atoms with Gasteiger partial charge in [0.2, 0.25) is 5.88 Å². The van der Waals surface area contributed by atoms with Crippen molar-refractivity contribution in [3.63, 3.8) is 0 Å². The molecule has 0 unspecified atom stereocenters. The van der Waals surface area contributed by atoms with Gasteiger partial charge in [-0.15, -0.1) is 0 Å². The van der Waals surface area contributed by atoms with Crippen LogP contribution in [-0.4, -0.2) is 31.5 Å². The summed E-state index contributed by atoms with van der Waals surface area (Å²) >= 11 is 0. The van der Waals surface area contributed by atoms with Gasteiger partial charge in [-0.05, 0) is 30.7 Å². The van der Waals surface area contributed by atoms with E-state index in [-0.39, 0.29) is 19.2 Å². The molecule has 0 radical (unpaired) electrons. The van der Waals surface area contributed by atoms with E-state index in [9.17, 15) is 9.18 Å². The predicted molar refractivity (Wildman–Crippen MR) is 82.5 cm³/mol. The minimum absolute atomic E-state index is 0.0372. The van der Waals surface area contributed by atoms with Gasteiger partial charge in [-0.1, -0.05) is 12.1 Å². The summed E-state index contributed by atoms with van der Waals surface area (Å²) in [5, 5.41) is 0. The quantitative estimate of drug-likeness (QED) is 0.580. The van der Waals surface area contributed by atoms with Crippen molar-refractivity contribution in [2.24, 2.45) is 0 Å². The fraction of sp³-hybridized carbons (Fsp3) is 0.294. The van der Waals surface area contributed by atoms with Gasteiger partial charge in [0, 0.05) is 18.7 Å². The summed E-state index contributed by atoms with van der Waals surface area (Å²) in [5.41, 5.74) is 1.33. The molecule has 0 saturated heterocycles. The molecule has 0 aliphatic heterocycles. The molecule has 0 spiro atoms. The van der Waals surface area contributed by atoms with Crippen LogP contribution in [0.15, 0.2) is 36.4 Å². The molecule has 2 aromatic rings. The summed E-state index contributed by atoms with van der Waals surface area (Å²) in [6.07, 6.45) is 0.0372. The summed E-state index contributed by atoms with van der Waals surface area (Å²) in [7, 11) is 1.51. The molecule has 0 amide bonds. The van der Waals surface area contributed by atoms with Gasteiger partial charge in [0.25, 0.3) is 0 Å². The molecular weight excluding hydrogens is 301 g/mol. The molecule has 122 valence electrons. The van der Waals surface area contributed by atoms with E-state index in [0.717, 1.165) is 0 Å². The van der Waals surface area contributed by atoms with Gasteiger partial charge >= 0.3 is 5.97 Å². The normalized spacial score (nSPS) is 10.4. The highest BCUT2D eigenvalue weighted by atomic mass is 19.1. The summed E-state index contributed by atoms with van der Waals surface area (Å²) in [6, 6.07) is 9.65. The largest absolute Gasteiger partial charge is 0.466 e. The maximum atomic E-state index is 14.3. The highest BCUT2D eigenvalue weighted by Gasteiger charge is 2.11. The van der Waals surface area contributed by atoms with E-state index in [1.807, 2.05) is 0 Å². The minimum atomic E-state index is -0.455. The number of rotatable bonds is 7. The molecule has 0 aliphatic carbocycles. The van der Waals surface area contributed by atoms with Gasteiger partial charge in [0.05, 0.1) is 18.7 Å². The Bertz CT molecular complexity index is 675. The topological polar surface area (TPSA) is 57.7 Å². The lowest BCUT2D eigenvalue weighted by atomic mass is 10.1. The van der Waals surface area contributed by atoms with Crippen LogP contribution in [0.2, 0.25) is 0 Å². The number of ether oxygens (including phenoxy) is 3. The van der Waals surface area contributed by atoms with Crippen molar-refractivity contribution in [3.05, 3.63) is 47.8 Å². The maximum Gasteiger partial charge on any atom is 0.310 e. The average Bonchev–Trinajstić information content (AvgIpc) is 2.53. The fourth-order valence-electron chi connectivity index (χ4n) is 2.02. The smallest absolute Gasteiger partial charge is 0.310 e. The van der Waals surface area contributed by atoms with Crippen LogP contribution < -0.4 is 4.74 Å². The summed E-state index contributed by atoms with van der Waals surface area (Å²) in [4.78, 5) is 15.7. The third-order valence-electron chi connectivity index (χ3n) is 3.01. The Balaban J connectivity index is 2.19. The SMILES string of the molecule is CCOC(=O)Cc1ccc(-c2cccc(OCOC)n2)c(F)c1. The van der Waals surface area contributed by atoms with Gasteiger partial charge in [-0.25, -0.2) is 9.37 Å². The highest BCUT2D eigenvalue weighted by molar-refractivity contribution is 5.73. The molecule has 0 aliphatic rings. The van der Waals surface area contributed by atoms with Gasteiger partial charge in [-0.3, -0.25) is 4.79 Å². The summed E-state index contributed by atoms with van der Waals surface area (Å²) < 4.78 is 29.2. The molecule has 1 aromatic heterocycles. The highest BCUT2D eigenvalue weighted by Crippen LogP contribution is 2.24. The van der Waals surface area contributed by atoms with Crippen LogP contribution in [-0.2, 0) is 20.7 Å². The molecule has 23 heavy (non-hydrogen) atoms. The van der Waals surface area contributed by atoms with Crippen LogP contribution >= 0.6 is 0 Å². The Morgan fingerprint density at radius 1 is 1.26 bits per heavy atom. The molecule has 6 heteroatoms. The van der Waals surface area contributed by atoms with Gasteiger partial charge in [0.1, 0.15) is 5.82 Å². The van der Waals surface area contributed by atoms with E-state index in [2.05, 4.69) is 4.98 Å². The van der Waals surface area contributed by atoms with Crippen molar-refractivity contribution in [2.45, 2.75) is 13.3 Å². The van der Waals surface area contributed by atoms with E-state index >= 15 is 0 Å². The van der Waals surface area contributed by atoms with Gasteiger partial charge < -0.3 is 14.2 Å². The Morgan fingerprint density at radius 3 is 2.78 bits per heavy atom. The lowest BCUT2D eigenvalue weighted by Crippen LogP contribution is -2.07. The van der Waals surface area contributed by atoms with Crippen LogP contribution in [0.25, 0.3) is 11.3 Å². The van der Waals surface area contributed by atoms with Crippen molar-refractivity contribution < 1.29 is 23.4 Å². The number of nitrogens with zero attached hydrogens (tertiary/aromatic N) is 1. The number of aromatic nitrogens is 1. The molecular formula is C17H18FNO4. The second-order valence-electron chi connectivity index (χ2n) is 4.71. The maximum absolute atomic E-state index is 14.3. The molecule has 0 N–H and O–H groups in total. The van der Waals surface area contributed by atoms with Crippen LogP contribution in [0.4, 0.5) is 4.39 Å². The molecule has 1 aromatic carbocycles. The Kier molecular flexibility index (Phi) is 6.05. The monoisotopic (exact) mass is 319 g/mol. The van der Waals surface area contributed by atoms with Crippen molar-refractivity contribution in [2.75, 3.05) is 20.5 Å². The van der Waals surface area contributed by atoms with E-state index in [0.29, 0.717) is 29.3 Å². The number of carbonyl (C=O) groups is 1. The van der Waals surface area contributed by atoms with Crippen LogP contribution in [0.1, 0.15) is 12.5 Å². The first-order valence-corrected chi connectivity index (χ1v) is 7.17. The average molecular weight is 319 g/mol. The number of halogens is 1. The fourth-order valence-corrected chi connectivity index (χ4v) is 2.02. The predicted octanol–water partition coefficient (Wildman–Crippen LogP) is 2.98. The van der Waals surface area contributed by atoms with Crippen molar-refractivity contribution in [1.29, 1.82) is 0 Å². The zero-order chi connectivity index (χ0) is 16.7. The third-order valence-corrected chi connectivity index (χ3v) is 3.01. The number of pyridine rings is 1. The number of esters is 1. The lowest BCUT2D eigenvalue weighted by Gasteiger charge is -2.08. The van der Waals surface area contributed by atoms with Crippen molar-refractivity contribution in [3.8, 4) is 17.1 Å². The number of hydrogen-bond donors (Lipinski definition) is 0. The first-order valence-electron chi connectivity index (χ1n) is 7.17. The number of carbonyl (C=O) groups excluding carboxylic acids is 1. The molecule has 0 bridgehead atoms. The second kappa shape index (κ2) is 8.24. The van der Waals surface area contributed by atoms with Crippen LogP contribution in [0, 0.1) is 5.82 Å². The third kappa shape index (κ3) is 4.75. The first kappa shape index (κ1) is 16.9. The molecule has 1 heterocycles. The van der Waals surface area contributed by atoms with E-state index in [4.69, 9.17) is 14.2 Å². The summed E-state index contributed by atoms with van der Waals surface area (Å²) in [5.74, 6) is -0.490. The number of hydrogen-bond acceptors (Lipinski definition) is 5. The van der Waals surface area contributed by atoms with Gasteiger partial charge in [-0.2, -0.15) is 0 Å². The molecule has 0 saturated carbocycles. The van der Waals surface area contributed by atoms with Crippen molar-refractivity contribution >= 4 is 5.97 Å². The van der Waals surface area contributed by atoms with Crippen molar-refractivity contribution in [1.82, 2.24) is 4.98 Å². The van der Waals surface area contributed by atoms with Crippen LogP contribution in [0.5, 0.6) is 5.88 Å².